The molecule has 0 aliphatic carbocycles. The van der Waals surface area contributed by atoms with Crippen LogP contribution in [-0.2, 0) is 4.52 Å². The lowest BCUT2D eigenvalue weighted by Crippen LogP contribution is -2.22. The van der Waals surface area contributed by atoms with Crippen LogP contribution in [0.2, 0.25) is 0 Å². The van der Waals surface area contributed by atoms with Crippen LogP contribution in [0, 0.1) is 0 Å². The summed E-state index contributed by atoms with van der Waals surface area (Å²) in [4.78, 5) is 2.43. The van der Waals surface area contributed by atoms with Gasteiger partial charge in [0.1, 0.15) is 0 Å². The van der Waals surface area contributed by atoms with Crippen LogP contribution in [0.5, 0.6) is 0 Å². The third-order valence-corrected chi connectivity index (χ3v) is 1.96. The predicted octanol–water partition coefficient (Wildman–Crippen LogP) is 0.889. The second-order valence-electron chi connectivity index (χ2n) is 2.42. The van der Waals surface area contributed by atoms with Gasteiger partial charge in [-0.1, -0.05) is 0 Å². The van der Waals surface area contributed by atoms with Crippen molar-refractivity contribution < 1.29 is 4.52 Å². The summed E-state index contributed by atoms with van der Waals surface area (Å²) in [6.07, 6.45) is 2.74. The summed E-state index contributed by atoms with van der Waals surface area (Å²) in [5.74, 6) is 0. The Hall–Kier alpha value is 0.350. The minimum Gasteiger partial charge on any atom is -0.364 e. The lowest BCUT2D eigenvalue weighted by atomic mass is 10.4. The number of hydrogen-bond donors (Lipinski definition) is 0. The van der Waals surface area contributed by atoms with E-state index < -0.39 is 0 Å². The Morgan fingerprint density at radius 3 is 2.56 bits per heavy atom. The third-order valence-electron chi connectivity index (χ3n) is 1.72. The first-order valence-electron chi connectivity index (χ1n) is 3.47. The molecular formula is C6H14NOP. The molecule has 0 N–H and O–H groups in total. The molecule has 0 aromatic heterocycles. The Balaban J connectivity index is 1.98. The minimum absolute atomic E-state index is 0.852. The average Bonchev–Trinajstić information content (AvgIpc) is 2.34. The molecule has 1 saturated heterocycles. The summed E-state index contributed by atoms with van der Waals surface area (Å²) in [5, 5.41) is 0. The first kappa shape index (κ1) is 7.46. The zero-order valence-corrected chi connectivity index (χ0v) is 6.83. The Kier molecular flexibility index (Phi) is 3.49. The Morgan fingerprint density at radius 1 is 1.33 bits per heavy atom. The summed E-state index contributed by atoms with van der Waals surface area (Å²) in [5.41, 5.74) is 0. The molecule has 0 aromatic carbocycles. The zero-order chi connectivity index (χ0) is 6.53. The van der Waals surface area contributed by atoms with Crippen LogP contribution in [0.1, 0.15) is 12.8 Å². The van der Waals surface area contributed by atoms with Gasteiger partial charge in [-0.3, -0.25) is 0 Å². The first-order chi connectivity index (χ1) is 4.43. The molecule has 1 unspecified atom stereocenters. The summed E-state index contributed by atoms with van der Waals surface area (Å²) in [6, 6.07) is 0. The SMILES string of the molecule is POCCN1CCCC1. The highest BCUT2D eigenvalue weighted by Crippen LogP contribution is 2.06. The Labute approximate surface area is 58.8 Å². The maximum Gasteiger partial charge on any atom is 0.0629 e. The molecule has 3 heteroatoms. The van der Waals surface area contributed by atoms with Gasteiger partial charge in [-0.25, -0.2) is 0 Å². The first-order valence-corrected chi connectivity index (χ1v) is 3.94. The molecule has 2 nitrogen and oxygen atoms in total. The van der Waals surface area contributed by atoms with Gasteiger partial charge in [-0.05, 0) is 25.9 Å². The molecule has 1 fully saturated rings. The van der Waals surface area contributed by atoms with E-state index in [4.69, 9.17) is 4.52 Å². The van der Waals surface area contributed by atoms with E-state index in [1.165, 1.54) is 25.9 Å². The van der Waals surface area contributed by atoms with Crippen molar-refractivity contribution >= 4 is 9.47 Å². The van der Waals surface area contributed by atoms with Crippen LogP contribution in [0.25, 0.3) is 0 Å². The van der Waals surface area contributed by atoms with E-state index in [0.717, 1.165) is 13.2 Å². The molecule has 9 heavy (non-hydrogen) atoms. The van der Waals surface area contributed by atoms with Crippen molar-refractivity contribution in [1.82, 2.24) is 4.90 Å². The molecule has 1 atom stereocenters. The Bertz CT molecular complexity index is 73.5. The van der Waals surface area contributed by atoms with Gasteiger partial charge >= 0.3 is 0 Å². The number of nitrogens with zero attached hydrogens (tertiary/aromatic N) is 1. The van der Waals surface area contributed by atoms with E-state index in [0.29, 0.717) is 0 Å². The van der Waals surface area contributed by atoms with Crippen LogP contribution >= 0.6 is 9.47 Å². The molecule has 54 valence electrons. The van der Waals surface area contributed by atoms with E-state index in [9.17, 15) is 0 Å². The Morgan fingerprint density at radius 2 is 2.00 bits per heavy atom. The maximum absolute atomic E-state index is 4.88. The van der Waals surface area contributed by atoms with Crippen molar-refractivity contribution in [2.45, 2.75) is 12.8 Å². The van der Waals surface area contributed by atoms with Crippen LogP contribution in [0.15, 0.2) is 0 Å². The molecule has 0 amide bonds. The molecule has 0 saturated carbocycles. The van der Waals surface area contributed by atoms with Crippen LogP contribution in [-0.4, -0.2) is 31.1 Å². The molecule has 0 aromatic rings. The zero-order valence-electron chi connectivity index (χ0n) is 5.68. The molecular weight excluding hydrogens is 133 g/mol. The number of likely N-dealkylation sites (tertiary alicyclic amines) is 1. The monoisotopic (exact) mass is 147 g/mol. The average molecular weight is 147 g/mol. The molecule has 1 aliphatic heterocycles. The van der Waals surface area contributed by atoms with Gasteiger partial charge in [0.15, 0.2) is 0 Å². The highest BCUT2D eigenvalue weighted by molar-refractivity contribution is 7.09. The minimum atomic E-state index is 0.852. The largest absolute Gasteiger partial charge is 0.364 e. The van der Waals surface area contributed by atoms with Gasteiger partial charge in [0.2, 0.25) is 0 Å². The lowest BCUT2D eigenvalue weighted by molar-refractivity contribution is 0.260. The van der Waals surface area contributed by atoms with Crippen LogP contribution < -0.4 is 0 Å². The maximum atomic E-state index is 4.88. The smallest absolute Gasteiger partial charge is 0.0629 e. The molecule has 0 bridgehead atoms. The fraction of sp³-hybridized carbons (Fsp3) is 1.00. The predicted molar refractivity (Wildman–Crippen MR) is 41.3 cm³/mol. The van der Waals surface area contributed by atoms with E-state index in [1.54, 1.807) is 0 Å². The molecule has 1 rings (SSSR count). The van der Waals surface area contributed by atoms with Gasteiger partial charge in [-0.15, -0.1) is 0 Å². The van der Waals surface area contributed by atoms with Crippen molar-refractivity contribution in [2.24, 2.45) is 0 Å². The van der Waals surface area contributed by atoms with Crippen molar-refractivity contribution in [2.75, 3.05) is 26.2 Å². The molecule has 1 heterocycles. The third kappa shape index (κ3) is 2.61. The molecule has 1 aliphatic rings. The summed E-state index contributed by atoms with van der Waals surface area (Å²) in [6.45, 7) is 4.50. The standard InChI is InChI=1S/C6H14NOP/c9-8-6-5-7-3-1-2-4-7/h1-6,9H2. The van der Waals surface area contributed by atoms with Crippen molar-refractivity contribution in [1.29, 1.82) is 0 Å². The van der Waals surface area contributed by atoms with Crippen molar-refractivity contribution in [3.05, 3.63) is 0 Å². The summed E-state index contributed by atoms with van der Waals surface area (Å²) >= 11 is 0. The van der Waals surface area contributed by atoms with Gasteiger partial charge in [-0.2, -0.15) is 0 Å². The van der Waals surface area contributed by atoms with E-state index in [-0.39, 0.29) is 0 Å². The second kappa shape index (κ2) is 4.21. The van der Waals surface area contributed by atoms with Crippen molar-refractivity contribution in [3.63, 3.8) is 0 Å². The fourth-order valence-corrected chi connectivity index (χ4v) is 1.29. The van der Waals surface area contributed by atoms with Gasteiger partial charge in [0.05, 0.1) is 6.61 Å². The lowest BCUT2D eigenvalue weighted by Gasteiger charge is -2.12. The van der Waals surface area contributed by atoms with E-state index >= 15 is 0 Å². The number of hydrogen-bond acceptors (Lipinski definition) is 2. The quantitative estimate of drug-likeness (QED) is 0.550. The van der Waals surface area contributed by atoms with Gasteiger partial charge < -0.3 is 9.42 Å². The van der Waals surface area contributed by atoms with Crippen molar-refractivity contribution in [3.8, 4) is 0 Å². The highest BCUT2D eigenvalue weighted by atomic mass is 31.0. The van der Waals surface area contributed by atoms with E-state index in [1.807, 2.05) is 0 Å². The van der Waals surface area contributed by atoms with Gasteiger partial charge in [0, 0.05) is 16.0 Å². The second-order valence-corrected chi connectivity index (χ2v) is 2.75. The normalized spacial score (nSPS) is 21.0. The molecule has 0 radical (unpaired) electrons. The summed E-state index contributed by atoms with van der Waals surface area (Å²) in [7, 11) is 2.28. The van der Waals surface area contributed by atoms with Crippen LogP contribution in [0.4, 0.5) is 0 Å². The molecule has 0 spiro atoms. The highest BCUT2D eigenvalue weighted by Gasteiger charge is 2.09. The number of rotatable bonds is 3. The van der Waals surface area contributed by atoms with Crippen LogP contribution in [0.3, 0.4) is 0 Å². The van der Waals surface area contributed by atoms with Gasteiger partial charge in [0.25, 0.3) is 0 Å². The fourth-order valence-electron chi connectivity index (χ4n) is 1.19. The topological polar surface area (TPSA) is 12.5 Å². The van der Waals surface area contributed by atoms with E-state index in [2.05, 4.69) is 14.4 Å². The summed E-state index contributed by atoms with van der Waals surface area (Å²) < 4.78 is 4.88.